The first-order valence-corrected chi connectivity index (χ1v) is 4.42. The Balaban J connectivity index is 2.73. The van der Waals surface area contributed by atoms with Crippen LogP contribution in [0.5, 0.6) is 0 Å². The van der Waals surface area contributed by atoms with Gasteiger partial charge in [0.15, 0.2) is 0 Å². The SMILES string of the molecule is O=C(O)CC1NC(=O)CN(CC(=O)O)C1=O. The first-order valence-electron chi connectivity index (χ1n) is 4.42. The summed E-state index contributed by atoms with van der Waals surface area (Å²) < 4.78 is 0. The molecule has 0 aliphatic carbocycles. The van der Waals surface area contributed by atoms with Crippen molar-refractivity contribution in [2.75, 3.05) is 13.1 Å². The number of aliphatic carboxylic acids is 2. The fourth-order valence-electron chi connectivity index (χ4n) is 1.38. The highest BCUT2D eigenvalue weighted by Crippen LogP contribution is 2.05. The highest BCUT2D eigenvalue weighted by Gasteiger charge is 2.34. The van der Waals surface area contributed by atoms with Crippen LogP contribution in [0.15, 0.2) is 0 Å². The van der Waals surface area contributed by atoms with Crippen molar-refractivity contribution in [3.8, 4) is 0 Å². The number of carbonyl (C=O) groups is 4. The predicted molar refractivity (Wildman–Crippen MR) is 48.4 cm³/mol. The van der Waals surface area contributed by atoms with Crippen molar-refractivity contribution in [1.82, 2.24) is 10.2 Å². The Hall–Kier alpha value is -2.12. The number of amides is 2. The van der Waals surface area contributed by atoms with E-state index >= 15 is 0 Å². The molecule has 2 amide bonds. The lowest BCUT2D eigenvalue weighted by atomic mass is 10.1. The van der Waals surface area contributed by atoms with Crippen LogP contribution in [0.1, 0.15) is 6.42 Å². The maximum absolute atomic E-state index is 11.5. The lowest BCUT2D eigenvalue weighted by molar-refractivity contribution is -0.152. The third-order valence-electron chi connectivity index (χ3n) is 1.98. The molecule has 88 valence electrons. The van der Waals surface area contributed by atoms with E-state index in [2.05, 4.69) is 5.32 Å². The molecule has 1 fully saturated rings. The first kappa shape index (κ1) is 12.0. The number of hydrogen-bond donors (Lipinski definition) is 3. The Kier molecular flexibility index (Phi) is 3.44. The van der Waals surface area contributed by atoms with E-state index in [1.807, 2.05) is 0 Å². The largest absolute Gasteiger partial charge is 0.481 e. The highest BCUT2D eigenvalue weighted by molar-refractivity contribution is 5.98. The molecule has 0 aromatic carbocycles. The monoisotopic (exact) mass is 230 g/mol. The number of rotatable bonds is 4. The molecule has 1 rings (SSSR count). The number of piperazine rings is 1. The molecule has 1 heterocycles. The van der Waals surface area contributed by atoms with Crippen LogP contribution in [-0.2, 0) is 19.2 Å². The van der Waals surface area contributed by atoms with Crippen molar-refractivity contribution >= 4 is 23.8 Å². The zero-order valence-corrected chi connectivity index (χ0v) is 8.17. The van der Waals surface area contributed by atoms with Crippen molar-refractivity contribution in [2.24, 2.45) is 0 Å². The van der Waals surface area contributed by atoms with E-state index in [4.69, 9.17) is 10.2 Å². The third-order valence-corrected chi connectivity index (χ3v) is 1.98. The number of carboxylic acid groups (broad SMARTS) is 2. The van der Waals surface area contributed by atoms with E-state index in [1.54, 1.807) is 0 Å². The fraction of sp³-hybridized carbons (Fsp3) is 0.500. The van der Waals surface area contributed by atoms with Crippen LogP contribution in [0.25, 0.3) is 0 Å². The summed E-state index contributed by atoms with van der Waals surface area (Å²) in [5.41, 5.74) is 0. The quantitative estimate of drug-likeness (QED) is 0.507. The first-order chi connectivity index (χ1) is 7.40. The lowest BCUT2D eigenvalue weighted by Crippen LogP contribution is -2.59. The van der Waals surface area contributed by atoms with Crippen LogP contribution >= 0.6 is 0 Å². The van der Waals surface area contributed by atoms with Crippen LogP contribution in [0, 0.1) is 0 Å². The number of nitrogens with one attached hydrogen (secondary N) is 1. The third kappa shape index (κ3) is 2.94. The summed E-state index contributed by atoms with van der Waals surface area (Å²) in [6.07, 6.45) is -0.555. The summed E-state index contributed by atoms with van der Waals surface area (Å²) >= 11 is 0. The van der Waals surface area contributed by atoms with Gasteiger partial charge in [0.1, 0.15) is 19.1 Å². The minimum absolute atomic E-state index is 0.360. The highest BCUT2D eigenvalue weighted by atomic mass is 16.4. The molecular weight excluding hydrogens is 220 g/mol. The van der Waals surface area contributed by atoms with Gasteiger partial charge in [0.05, 0.1) is 6.42 Å². The standard InChI is InChI=1S/C8H10N2O6/c11-5-2-10(3-7(14)15)8(16)4(9-5)1-6(12)13/h4H,1-3H2,(H,9,11)(H,12,13)(H,14,15). The molecule has 0 radical (unpaired) electrons. The predicted octanol–water partition coefficient (Wildman–Crippen LogP) is -2.13. The van der Waals surface area contributed by atoms with Gasteiger partial charge in [-0.25, -0.2) is 0 Å². The number of nitrogens with zero attached hydrogens (tertiary/aromatic N) is 1. The molecule has 1 aliphatic heterocycles. The van der Waals surface area contributed by atoms with Crippen LogP contribution in [0.2, 0.25) is 0 Å². The summed E-state index contributed by atoms with van der Waals surface area (Å²) in [5.74, 6) is -3.75. The van der Waals surface area contributed by atoms with Crippen molar-refractivity contribution in [2.45, 2.75) is 12.5 Å². The smallest absolute Gasteiger partial charge is 0.323 e. The van der Waals surface area contributed by atoms with Crippen molar-refractivity contribution in [1.29, 1.82) is 0 Å². The van der Waals surface area contributed by atoms with E-state index < -0.39 is 42.8 Å². The van der Waals surface area contributed by atoms with E-state index in [1.165, 1.54) is 0 Å². The van der Waals surface area contributed by atoms with Crippen molar-refractivity contribution < 1.29 is 29.4 Å². The molecule has 1 unspecified atom stereocenters. The summed E-state index contributed by atoms with van der Waals surface area (Å²) in [6.45, 7) is -0.969. The number of carboxylic acids is 2. The molecule has 1 aliphatic rings. The van der Waals surface area contributed by atoms with Gasteiger partial charge >= 0.3 is 11.9 Å². The van der Waals surface area contributed by atoms with E-state index in [0.717, 1.165) is 4.90 Å². The van der Waals surface area contributed by atoms with Crippen LogP contribution in [0.4, 0.5) is 0 Å². The number of carbonyl (C=O) groups excluding carboxylic acids is 2. The Morgan fingerprint density at radius 1 is 1.31 bits per heavy atom. The second kappa shape index (κ2) is 4.60. The maximum atomic E-state index is 11.5. The molecule has 0 aromatic heterocycles. The Labute approximate surface area is 89.8 Å². The van der Waals surface area contributed by atoms with Gasteiger partial charge in [-0.15, -0.1) is 0 Å². The van der Waals surface area contributed by atoms with E-state index in [0.29, 0.717) is 0 Å². The average Bonchev–Trinajstić information content (AvgIpc) is 2.11. The fourth-order valence-corrected chi connectivity index (χ4v) is 1.38. The zero-order chi connectivity index (χ0) is 12.3. The lowest BCUT2D eigenvalue weighted by Gasteiger charge is -2.30. The van der Waals surface area contributed by atoms with Gasteiger partial charge in [-0.05, 0) is 0 Å². The van der Waals surface area contributed by atoms with Crippen molar-refractivity contribution in [3.63, 3.8) is 0 Å². The van der Waals surface area contributed by atoms with E-state index in [-0.39, 0.29) is 6.54 Å². The Morgan fingerprint density at radius 3 is 2.44 bits per heavy atom. The molecular formula is C8H10N2O6. The summed E-state index contributed by atoms with van der Waals surface area (Å²) in [7, 11) is 0. The molecule has 1 saturated heterocycles. The van der Waals surface area contributed by atoms with Crippen LogP contribution < -0.4 is 5.32 Å². The second-order valence-corrected chi connectivity index (χ2v) is 3.31. The minimum Gasteiger partial charge on any atom is -0.481 e. The molecule has 0 saturated carbocycles. The molecule has 0 aromatic rings. The van der Waals surface area contributed by atoms with Gasteiger partial charge in [-0.1, -0.05) is 0 Å². The van der Waals surface area contributed by atoms with Crippen LogP contribution in [0.3, 0.4) is 0 Å². The number of hydrogen-bond acceptors (Lipinski definition) is 4. The average molecular weight is 230 g/mol. The van der Waals surface area contributed by atoms with Gasteiger partial charge in [0, 0.05) is 0 Å². The Morgan fingerprint density at radius 2 is 1.94 bits per heavy atom. The van der Waals surface area contributed by atoms with Gasteiger partial charge in [0.2, 0.25) is 11.8 Å². The van der Waals surface area contributed by atoms with Gasteiger partial charge in [-0.2, -0.15) is 0 Å². The summed E-state index contributed by atoms with van der Waals surface area (Å²) in [6, 6.07) is -1.18. The summed E-state index contributed by atoms with van der Waals surface area (Å²) in [4.78, 5) is 44.3. The Bertz CT molecular complexity index is 318. The minimum atomic E-state index is -1.25. The topological polar surface area (TPSA) is 124 Å². The molecule has 1 atom stereocenters. The second-order valence-electron chi connectivity index (χ2n) is 3.31. The van der Waals surface area contributed by atoms with Crippen molar-refractivity contribution in [3.05, 3.63) is 0 Å². The zero-order valence-electron chi connectivity index (χ0n) is 8.17. The molecule has 0 spiro atoms. The summed E-state index contributed by atoms with van der Waals surface area (Å²) in [5, 5.41) is 19.2. The normalized spacial score (nSPS) is 20.5. The maximum Gasteiger partial charge on any atom is 0.323 e. The van der Waals surface area contributed by atoms with E-state index in [9.17, 15) is 19.2 Å². The molecule has 16 heavy (non-hydrogen) atoms. The molecule has 8 nitrogen and oxygen atoms in total. The molecule has 8 heteroatoms. The van der Waals surface area contributed by atoms with Gasteiger partial charge in [0.25, 0.3) is 0 Å². The van der Waals surface area contributed by atoms with Gasteiger partial charge < -0.3 is 20.4 Å². The van der Waals surface area contributed by atoms with Gasteiger partial charge in [-0.3, -0.25) is 19.2 Å². The van der Waals surface area contributed by atoms with Crippen LogP contribution in [-0.4, -0.2) is 58.0 Å². The molecule has 0 bridgehead atoms. The molecule has 3 N–H and O–H groups in total.